The Morgan fingerprint density at radius 3 is 2.31 bits per heavy atom. The van der Waals surface area contributed by atoms with Crippen molar-refractivity contribution < 1.29 is 14.4 Å². The van der Waals surface area contributed by atoms with Gasteiger partial charge in [-0.05, 0) is 29.3 Å². The molecular formula is C25H33ClN6O3. The van der Waals surface area contributed by atoms with E-state index in [0.29, 0.717) is 42.9 Å². The van der Waals surface area contributed by atoms with Crippen LogP contribution in [0.3, 0.4) is 0 Å². The molecule has 0 aromatic heterocycles. The third-order valence-corrected chi connectivity index (χ3v) is 6.16. The molecule has 0 saturated heterocycles. The summed E-state index contributed by atoms with van der Waals surface area (Å²) >= 11 is 6.42. The predicted molar refractivity (Wildman–Crippen MR) is 137 cm³/mol. The lowest BCUT2D eigenvalue weighted by Gasteiger charge is -2.31. The van der Waals surface area contributed by atoms with E-state index < -0.39 is 5.91 Å². The molecule has 4 N–H and O–H groups in total. The Bertz CT molecular complexity index is 1050. The first-order chi connectivity index (χ1) is 16.7. The Kier molecular flexibility index (Phi) is 9.08. The van der Waals surface area contributed by atoms with Crippen LogP contribution in [0.2, 0.25) is 5.02 Å². The predicted octanol–water partition coefficient (Wildman–Crippen LogP) is 1.75. The van der Waals surface area contributed by atoms with Crippen molar-refractivity contribution >= 4 is 35.0 Å². The van der Waals surface area contributed by atoms with Gasteiger partial charge in [0, 0.05) is 44.8 Å². The van der Waals surface area contributed by atoms with Crippen molar-refractivity contribution in [2.45, 2.75) is 33.0 Å². The Morgan fingerprint density at radius 2 is 1.71 bits per heavy atom. The molecule has 2 aromatic carbocycles. The molecular weight excluding hydrogens is 468 g/mol. The second-order valence-corrected chi connectivity index (χ2v) is 9.26. The second kappa shape index (κ2) is 12.0. The summed E-state index contributed by atoms with van der Waals surface area (Å²) in [4.78, 5) is 39.3. The minimum Gasteiger partial charge on any atom is -0.366 e. The number of hydrazine groups is 1. The minimum atomic E-state index is -0.620. The number of amides is 3. The summed E-state index contributed by atoms with van der Waals surface area (Å²) in [5.41, 5.74) is 8.43. The van der Waals surface area contributed by atoms with Crippen molar-refractivity contribution in [1.29, 1.82) is 0 Å². The van der Waals surface area contributed by atoms with Gasteiger partial charge < -0.3 is 21.3 Å². The zero-order valence-corrected chi connectivity index (χ0v) is 21.1. The molecule has 1 aliphatic heterocycles. The average molecular weight is 501 g/mol. The number of nitrogens with zero attached hydrogens (tertiary/aromatic N) is 3. The summed E-state index contributed by atoms with van der Waals surface area (Å²) in [6.45, 7) is 6.15. The molecule has 188 valence electrons. The number of benzene rings is 2. The van der Waals surface area contributed by atoms with Gasteiger partial charge in [-0.2, -0.15) is 0 Å². The van der Waals surface area contributed by atoms with E-state index in [9.17, 15) is 14.4 Å². The number of anilines is 1. The summed E-state index contributed by atoms with van der Waals surface area (Å²) in [5, 5.41) is 9.92. The van der Waals surface area contributed by atoms with Crippen LogP contribution in [-0.2, 0) is 22.7 Å². The largest absolute Gasteiger partial charge is 0.366 e. The maximum atomic E-state index is 13.3. The summed E-state index contributed by atoms with van der Waals surface area (Å²) in [5.74, 6) is -1.10. The normalized spacial score (nSPS) is 12.9. The van der Waals surface area contributed by atoms with Crippen molar-refractivity contribution in [3.05, 3.63) is 64.2 Å². The van der Waals surface area contributed by atoms with Crippen LogP contribution in [0.1, 0.15) is 35.3 Å². The number of hydrogen-bond acceptors (Lipinski definition) is 6. The van der Waals surface area contributed by atoms with Crippen LogP contribution < -0.4 is 21.3 Å². The van der Waals surface area contributed by atoms with Gasteiger partial charge >= 0.3 is 0 Å². The van der Waals surface area contributed by atoms with Crippen LogP contribution in [0.25, 0.3) is 0 Å². The summed E-state index contributed by atoms with van der Waals surface area (Å²) in [7, 11) is 1.71. The van der Waals surface area contributed by atoms with Crippen molar-refractivity contribution in [2.24, 2.45) is 5.73 Å². The average Bonchev–Trinajstić information content (AvgIpc) is 3.25. The van der Waals surface area contributed by atoms with Crippen molar-refractivity contribution in [1.82, 2.24) is 20.7 Å². The van der Waals surface area contributed by atoms with Crippen molar-refractivity contribution in [2.75, 3.05) is 38.1 Å². The minimum absolute atomic E-state index is 0.108. The highest BCUT2D eigenvalue weighted by molar-refractivity contribution is 6.33. The molecule has 0 fully saturated rings. The van der Waals surface area contributed by atoms with Gasteiger partial charge in [0.25, 0.3) is 5.91 Å². The number of nitrogens with two attached hydrogens (primary N) is 1. The van der Waals surface area contributed by atoms with E-state index in [1.165, 1.54) is 23.3 Å². The molecule has 1 heterocycles. The molecule has 0 radical (unpaired) electrons. The van der Waals surface area contributed by atoms with Crippen LogP contribution in [-0.4, -0.2) is 67.0 Å². The molecule has 9 nitrogen and oxygen atoms in total. The summed E-state index contributed by atoms with van der Waals surface area (Å²) in [6, 6.07) is 12.9. The van der Waals surface area contributed by atoms with E-state index in [4.69, 9.17) is 17.3 Å². The van der Waals surface area contributed by atoms with E-state index in [1.54, 1.807) is 23.0 Å². The van der Waals surface area contributed by atoms with E-state index in [-0.39, 0.29) is 30.5 Å². The smallest absolute Gasteiger partial charge is 0.256 e. The third-order valence-electron chi connectivity index (χ3n) is 5.84. The van der Waals surface area contributed by atoms with Crippen LogP contribution in [0.4, 0.5) is 5.69 Å². The highest BCUT2D eigenvalue weighted by Gasteiger charge is 2.27. The van der Waals surface area contributed by atoms with Gasteiger partial charge in [-0.15, -0.1) is 0 Å². The highest BCUT2D eigenvalue weighted by atomic mass is 35.5. The fraction of sp³-hybridized carbons (Fsp3) is 0.400. The molecule has 3 amide bonds. The van der Waals surface area contributed by atoms with Crippen molar-refractivity contribution in [3.63, 3.8) is 0 Å². The lowest BCUT2D eigenvalue weighted by Crippen LogP contribution is -2.48. The Hall–Kier alpha value is -3.14. The zero-order valence-electron chi connectivity index (χ0n) is 20.4. The molecule has 0 bridgehead atoms. The Morgan fingerprint density at radius 1 is 1.06 bits per heavy atom. The van der Waals surface area contributed by atoms with Gasteiger partial charge in [0.15, 0.2) is 0 Å². The number of carbonyl (C=O) groups is 3. The number of nitrogens with one attached hydrogen (secondary N) is 2. The third kappa shape index (κ3) is 7.17. The Balaban J connectivity index is 1.74. The van der Waals surface area contributed by atoms with Crippen LogP contribution in [0.5, 0.6) is 0 Å². The fourth-order valence-corrected chi connectivity index (χ4v) is 4.11. The molecule has 0 aliphatic carbocycles. The van der Waals surface area contributed by atoms with E-state index >= 15 is 0 Å². The molecule has 2 aromatic rings. The van der Waals surface area contributed by atoms with E-state index in [0.717, 1.165) is 0 Å². The SMILES string of the molecule is CC(C)NCCNC(=O)CN(CC(=O)N(C)N1Cc2ccccc2C1)c1cc(C(N)=O)ccc1Cl. The molecule has 10 heteroatoms. The molecule has 3 rings (SSSR count). The number of rotatable bonds is 11. The zero-order chi connectivity index (χ0) is 25.5. The van der Waals surface area contributed by atoms with Gasteiger partial charge in [0.2, 0.25) is 11.8 Å². The lowest BCUT2D eigenvalue weighted by molar-refractivity contribution is -0.145. The number of likely N-dealkylation sites (N-methyl/N-ethyl adjacent to an activating group) is 1. The number of primary amides is 1. The second-order valence-electron chi connectivity index (χ2n) is 8.85. The van der Waals surface area contributed by atoms with Crippen LogP contribution >= 0.6 is 11.6 Å². The monoisotopic (exact) mass is 500 g/mol. The van der Waals surface area contributed by atoms with Crippen LogP contribution in [0.15, 0.2) is 42.5 Å². The van der Waals surface area contributed by atoms with Gasteiger partial charge in [0.05, 0.1) is 23.8 Å². The van der Waals surface area contributed by atoms with Crippen LogP contribution in [0, 0.1) is 0 Å². The van der Waals surface area contributed by atoms with E-state index in [2.05, 4.69) is 10.6 Å². The summed E-state index contributed by atoms with van der Waals surface area (Å²) < 4.78 is 0. The molecule has 1 aliphatic rings. The van der Waals surface area contributed by atoms with Gasteiger partial charge in [-0.3, -0.25) is 19.4 Å². The quantitative estimate of drug-likeness (QED) is 0.405. The van der Waals surface area contributed by atoms with Gasteiger partial charge in [-0.1, -0.05) is 49.7 Å². The van der Waals surface area contributed by atoms with Crippen molar-refractivity contribution in [3.8, 4) is 0 Å². The number of hydrogen-bond donors (Lipinski definition) is 3. The first-order valence-corrected chi connectivity index (χ1v) is 12.0. The molecule has 0 saturated carbocycles. The number of carbonyl (C=O) groups excluding carboxylic acids is 3. The van der Waals surface area contributed by atoms with Gasteiger partial charge in [-0.25, -0.2) is 5.01 Å². The molecule has 0 spiro atoms. The maximum Gasteiger partial charge on any atom is 0.256 e. The Labute approximate surface area is 211 Å². The van der Waals surface area contributed by atoms with E-state index in [1.807, 2.05) is 43.1 Å². The molecule has 0 unspecified atom stereocenters. The van der Waals surface area contributed by atoms with Gasteiger partial charge in [0.1, 0.15) is 0 Å². The summed E-state index contributed by atoms with van der Waals surface area (Å²) in [6.07, 6.45) is 0. The highest BCUT2D eigenvalue weighted by Crippen LogP contribution is 2.28. The topological polar surface area (TPSA) is 111 Å². The number of fused-ring (bicyclic) bond motifs is 1. The molecule has 35 heavy (non-hydrogen) atoms. The standard InChI is InChI=1S/C25H33ClN6O3/c1-17(2)28-10-11-29-23(33)15-31(22-12-18(25(27)35)8-9-21(22)26)16-24(34)30(3)32-13-19-6-4-5-7-20(19)14-32/h4-9,12,17,28H,10-11,13-16H2,1-3H3,(H2,27,35)(H,29,33). The maximum absolute atomic E-state index is 13.3. The fourth-order valence-electron chi connectivity index (χ4n) is 3.88. The first-order valence-electron chi connectivity index (χ1n) is 11.6. The first kappa shape index (κ1) is 26.5. The number of halogens is 1. The molecule has 0 atom stereocenters. The lowest BCUT2D eigenvalue weighted by atomic mass is 10.1.